The number of piperidine rings is 1. The lowest BCUT2D eigenvalue weighted by atomic mass is 9.94. The number of hydrogen-bond donors (Lipinski definition) is 1. The Morgan fingerprint density at radius 3 is 2.68 bits per heavy atom. The summed E-state index contributed by atoms with van der Waals surface area (Å²) in [5.41, 5.74) is 0. The van der Waals surface area contributed by atoms with Crippen molar-refractivity contribution in [1.29, 1.82) is 0 Å². The maximum Gasteiger partial charge on any atom is 0.228 e. The van der Waals surface area contributed by atoms with Crippen molar-refractivity contribution in [3.63, 3.8) is 0 Å². The molecule has 2 aliphatic heterocycles. The Morgan fingerprint density at radius 2 is 1.90 bits per heavy atom. The van der Waals surface area contributed by atoms with Crippen molar-refractivity contribution in [2.45, 2.75) is 70.3 Å². The maximum atomic E-state index is 12.7. The molecule has 1 aromatic rings. The molecule has 1 N–H and O–H groups in total. The van der Waals surface area contributed by atoms with Crippen molar-refractivity contribution in [3.05, 3.63) is 0 Å². The van der Waals surface area contributed by atoms with E-state index in [9.17, 15) is 9.59 Å². The van der Waals surface area contributed by atoms with Crippen molar-refractivity contribution < 1.29 is 9.59 Å². The summed E-state index contributed by atoms with van der Waals surface area (Å²) in [6, 6.07) is 0.726. The summed E-state index contributed by atoms with van der Waals surface area (Å²) in [4.78, 5) is 31.1. The molecule has 1 unspecified atom stereocenters. The third kappa shape index (κ3) is 5.74. The van der Waals surface area contributed by atoms with Crippen molar-refractivity contribution in [2.75, 3.05) is 49.6 Å². The first-order valence-electron chi connectivity index (χ1n) is 12.0. The molecule has 3 fully saturated rings. The highest BCUT2D eigenvalue weighted by atomic mass is 32.1. The predicted octanol–water partition coefficient (Wildman–Crippen LogP) is 2.65. The fraction of sp³-hybridized carbons (Fsp3) is 0.818. The van der Waals surface area contributed by atoms with Crippen LogP contribution in [0.2, 0.25) is 0 Å². The largest absolute Gasteiger partial charge is 0.356 e. The maximum absolute atomic E-state index is 12.7. The van der Waals surface area contributed by atoms with E-state index in [-0.39, 0.29) is 17.7 Å². The molecule has 0 radical (unpaired) electrons. The third-order valence-corrected chi connectivity index (χ3v) is 7.96. The number of nitrogens with zero attached hydrogens (tertiary/aromatic N) is 5. The Bertz CT molecular complexity index is 750. The van der Waals surface area contributed by atoms with Gasteiger partial charge in [0.25, 0.3) is 0 Å². The van der Waals surface area contributed by atoms with Gasteiger partial charge in [-0.3, -0.25) is 14.5 Å². The molecule has 9 heteroatoms. The number of hydrogen-bond acceptors (Lipinski definition) is 7. The van der Waals surface area contributed by atoms with Gasteiger partial charge in [-0.25, -0.2) is 0 Å². The number of amides is 2. The van der Waals surface area contributed by atoms with Crippen LogP contribution in [-0.4, -0.2) is 72.7 Å². The zero-order valence-electron chi connectivity index (χ0n) is 18.7. The molecule has 4 rings (SSSR count). The minimum absolute atomic E-state index is 0.00871. The number of carbonyl (C=O) groups is 2. The summed E-state index contributed by atoms with van der Waals surface area (Å²) in [7, 11) is 2.23. The number of carbonyl (C=O) groups excluding carboxylic acids is 2. The van der Waals surface area contributed by atoms with Gasteiger partial charge in [0.2, 0.25) is 22.1 Å². The Kier molecular flexibility index (Phi) is 7.76. The minimum atomic E-state index is -0.00871. The Balaban J connectivity index is 1.20. The van der Waals surface area contributed by atoms with Gasteiger partial charge in [0.05, 0.1) is 5.92 Å². The minimum Gasteiger partial charge on any atom is -0.356 e. The van der Waals surface area contributed by atoms with Gasteiger partial charge < -0.3 is 15.1 Å². The molecule has 0 bridgehead atoms. The third-order valence-electron chi connectivity index (χ3n) is 6.96. The van der Waals surface area contributed by atoms with Crippen LogP contribution in [0.5, 0.6) is 0 Å². The molecule has 1 atom stereocenters. The second kappa shape index (κ2) is 10.7. The fourth-order valence-electron chi connectivity index (χ4n) is 5.05. The molecule has 2 saturated heterocycles. The second-order valence-electron chi connectivity index (χ2n) is 9.22. The highest BCUT2D eigenvalue weighted by Crippen LogP contribution is 2.32. The van der Waals surface area contributed by atoms with Crippen LogP contribution < -0.4 is 15.1 Å². The number of anilines is 2. The first-order chi connectivity index (χ1) is 15.1. The van der Waals surface area contributed by atoms with E-state index < -0.39 is 0 Å². The number of rotatable bonds is 8. The summed E-state index contributed by atoms with van der Waals surface area (Å²) in [6.45, 7) is 4.08. The monoisotopic (exact) mass is 448 g/mol. The van der Waals surface area contributed by atoms with Crippen LogP contribution in [0.1, 0.15) is 64.2 Å². The van der Waals surface area contributed by atoms with Gasteiger partial charge in [-0.2, -0.15) is 0 Å². The summed E-state index contributed by atoms with van der Waals surface area (Å²) >= 11 is 1.46. The van der Waals surface area contributed by atoms with Crippen LogP contribution in [0.15, 0.2) is 0 Å². The normalized spacial score (nSPS) is 23.0. The molecule has 2 amide bonds. The molecule has 31 heavy (non-hydrogen) atoms. The molecule has 0 aromatic carbocycles. The zero-order chi connectivity index (χ0) is 21.6. The number of aromatic nitrogens is 2. The van der Waals surface area contributed by atoms with Crippen LogP contribution in [0.25, 0.3) is 0 Å². The Labute approximate surface area is 189 Å². The van der Waals surface area contributed by atoms with Crippen molar-refractivity contribution in [1.82, 2.24) is 20.4 Å². The SMILES string of the molecule is CN(CCCNC(=O)C1CCCN(c2nnc(N3CCCC3=O)s2)C1)C1CCCCC1. The van der Waals surface area contributed by atoms with Gasteiger partial charge in [-0.1, -0.05) is 30.6 Å². The van der Waals surface area contributed by atoms with Gasteiger partial charge in [-0.15, -0.1) is 10.2 Å². The molecule has 1 saturated carbocycles. The van der Waals surface area contributed by atoms with Crippen LogP contribution >= 0.6 is 11.3 Å². The quantitative estimate of drug-likeness (QED) is 0.616. The van der Waals surface area contributed by atoms with Gasteiger partial charge >= 0.3 is 0 Å². The second-order valence-corrected chi connectivity index (χ2v) is 10.2. The van der Waals surface area contributed by atoms with E-state index in [1.165, 1.54) is 43.4 Å². The molecule has 3 aliphatic rings. The van der Waals surface area contributed by atoms with Gasteiger partial charge in [0, 0.05) is 38.6 Å². The zero-order valence-corrected chi connectivity index (χ0v) is 19.5. The van der Waals surface area contributed by atoms with Crippen LogP contribution in [0.4, 0.5) is 10.3 Å². The standard InChI is InChI=1S/C22H36N6O2S/c1-26(18-9-3-2-4-10-18)13-7-12-23-20(30)17-8-5-14-27(16-17)21-24-25-22(31-21)28-15-6-11-19(28)29/h17-18H,2-16H2,1H3,(H,23,30). The lowest BCUT2D eigenvalue weighted by Crippen LogP contribution is -2.43. The first kappa shape index (κ1) is 22.5. The summed E-state index contributed by atoms with van der Waals surface area (Å²) in [6.07, 6.45) is 11.1. The molecule has 8 nitrogen and oxygen atoms in total. The molecule has 3 heterocycles. The molecule has 1 aromatic heterocycles. The van der Waals surface area contributed by atoms with Crippen LogP contribution in [-0.2, 0) is 9.59 Å². The highest BCUT2D eigenvalue weighted by Gasteiger charge is 2.30. The summed E-state index contributed by atoms with van der Waals surface area (Å²) in [5, 5.41) is 13.2. The van der Waals surface area contributed by atoms with Crippen LogP contribution in [0.3, 0.4) is 0 Å². The number of nitrogens with one attached hydrogen (secondary N) is 1. The molecular formula is C22H36N6O2S. The topological polar surface area (TPSA) is 81.7 Å². The lowest BCUT2D eigenvalue weighted by molar-refractivity contribution is -0.125. The van der Waals surface area contributed by atoms with Crippen LogP contribution in [0, 0.1) is 5.92 Å². The Morgan fingerprint density at radius 1 is 1.10 bits per heavy atom. The average molecular weight is 449 g/mol. The molecular weight excluding hydrogens is 412 g/mol. The lowest BCUT2D eigenvalue weighted by Gasteiger charge is -2.32. The first-order valence-corrected chi connectivity index (χ1v) is 12.8. The highest BCUT2D eigenvalue weighted by molar-refractivity contribution is 7.19. The van der Waals surface area contributed by atoms with E-state index in [1.54, 1.807) is 4.90 Å². The van der Waals surface area contributed by atoms with E-state index in [2.05, 4.69) is 32.4 Å². The van der Waals surface area contributed by atoms with E-state index in [0.717, 1.165) is 63.0 Å². The van der Waals surface area contributed by atoms with E-state index >= 15 is 0 Å². The van der Waals surface area contributed by atoms with Gasteiger partial charge in [0.1, 0.15) is 0 Å². The molecule has 172 valence electrons. The van der Waals surface area contributed by atoms with Gasteiger partial charge in [-0.05, 0) is 52.1 Å². The fourth-order valence-corrected chi connectivity index (χ4v) is 5.97. The average Bonchev–Trinajstić information content (AvgIpc) is 3.46. The smallest absolute Gasteiger partial charge is 0.228 e. The Hall–Kier alpha value is -1.74. The summed E-state index contributed by atoms with van der Waals surface area (Å²) in [5.74, 6) is 0.280. The van der Waals surface area contributed by atoms with Crippen molar-refractivity contribution >= 4 is 33.4 Å². The van der Waals surface area contributed by atoms with Crippen molar-refractivity contribution in [2.24, 2.45) is 5.92 Å². The van der Waals surface area contributed by atoms with Gasteiger partial charge in [0.15, 0.2) is 0 Å². The van der Waals surface area contributed by atoms with E-state index in [4.69, 9.17) is 0 Å². The van der Waals surface area contributed by atoms with E-state index in [1.807, 2.05) is 0 Å². The summed E-state index contributed by atoms with van der Waals surface area (Å²) < 4.78 is 0. The van der Waals surface area contributed by atoms with Crippen molar-refractivity contribution in [3.8, 4) is 0 Å². The molecule has 1 aliphatic carbocycles. The molecule has 0 spiro atoms. The van der Waals surface area contributed by atoms with E-state index in [0.29, 0.717) is 18.1 Å². The predicted molar refractivity (Wildman–Crippen MR) is 124 cm³/mol.